The first-order chi connectivity index (χ1) is 11.8. The van der Waals surface area contributed by atoms with E-state index in [9.17, 15) is 0 Å². The molecule has 1 aliphatic rings. The second kappa shape index (κ2) is 7.27. The minimum absolute atomic E-state index is 0.219. The first-order valence-electron chi connectivity index (χ1n) is 7.93. The third-order valence-electron chi connectivity index (χ3n) is 4.09. The van der Waals surface area contributed by atoms with E-state index in [4.69, 9.17) is 15.6 Å². The maximum Gasteiger partial charge on any atom is 0.247 e. The van der Waals surface area contributed by atoms with Crippen molar-refractivity contribution in [1.82, 2.24) is 19.5 Å². The average Bonchev–Trinajstić information content (AvgIpc) is 2.97. The van der Waals surface area contributed by atoms with E-state index in [-0.39, 0.29) is 5.95 Å². The predicted molar refractivity (Wildman–Crippen MR) is 91.5 cm³/mol. The van der Waals surface area contributed by atoms with Gasteiger partial charge in [0.25, 0.3) is 0 Å². The molecule has 0 aliphatic heterocycles. The normalized spacial score (nSPS) is 13.9. The van der Waals surface area contributed by atoms with Crippen LogP contribution in [0.15, 0.2) is 36.7 Å². The van der Waals surface area contributed by atoms with Crippen LogP contribution < -0.4 is 10.5 Å². The van der Waals surface area contributed by atoms with Crippen molar-refractivity contribution in [3.05, 3.63) is 42.2 Å². The topological polar surface area (TPSA) is 99.1 Å². The van der Waals surface area contributed by atoms with E-state index in [2.05, 4.69) is 19.5 Å². The van der Waals surface area contributed by atoms with Gasteiger partial charge in [0.15, 0.2) is 11.2 Å². The van der Waals surface area contributed by atoms with E-state index in [0.29, 0.717) is 24.0 Å². The number of fused-ring (bicyclic) bond motifs is 1. The fourth-order valence-electron chi connectivity index (χ4n) is 2.67. The number of ether oxygens (including phenoxy) is 1. The number of benzene rings is 1. The number of nitrogen functional groups attached to an aromatic ring is 1. The predicted octanol–water partition coefficient (Wildman–Crippen LogP) is 2.32. The highest BCUT2D eigenvalue weighted by Gasteiger charge is 2.23. The molecule has 0 unspecified atom stereocenters. The molecule has 0 spiro atoms. The van der Waals surface area contributed by atoms with Gasteiger partial charge in [0.2, 0.25) is 11.8 Å². The van der Waals surface area contributed by atoms with E-state index >= 15 is 0 Å². The van der Waals surface area contributed by atoms with Crippen LogP contribution in [-0.4, -0.2) is 31.7 Å². The molecule has 0 bridgehead atoms. The number of imidazole rings is 1. The molecule has 2 aromatic heterocycles. The maximum atomic E-state index is 7.00. The van der Waals surface area contributed by atoms with Crippen molar-refractivity contribution >= 4 is 17.1 Å². The Labute approximate surface area is 140 Å². The van der Waals surface area contributed by atoms with Crippen LogP contribution in [-0.2, 0) is 6.61 Å². The lowest BCUT2D eigenvalue weighted by Crippen LogP contribution is -2.16. The zero-order valence-corrected chi connectivity index (χ0v) is 13.6. The number of hydrogen-bond acceptors (Lipinski definition) is 6. The minimum Gasteiger partial charge on any atom is -0.471 e. The van der Waals surface area contributed by atoms with E-state index in [1.165, 1.54) is 6.42 Å². The molecule has 24 heavy (non-hydrogen) atoms. The summed E-state index contributed by atoms with van der Waals surface area (Å²) in [4.78, 5) is 13.0. The minimum atomic E-state index is 0.219. The van der Waals surface area contributed by atoms with Crippen LogP contribution in [0.5, 0.6) is 5.88 Å². The first-order valence-corrected chi connectivity index (χ1v) is 7.93. The van der Waals surface area contributed by atoms with Crippen LogP contribution in [0.1, 0.15) is 30.9 Å². The van der Waals surface area contributed by atoms with Gasteiger partial charge in [0.1, 0.15) is 6.61 Å². The summed E-state index contributed by atoms with van der Waals surface area (Å²) >= 11 is 0. The monoisotopic (exact) mass is 327 g/mol. The molecule has 1 aliphatic carbocycles. The molecular formula is C17H21N5O2. The summed E-state index contributed by atoms with van der Waals surface area (Å²) in [6, 6.07) is 10.4. The number of aliphatic hydroxyl groups excluding tert-OH is 1. The van der Waals surface area contributed by atoms with Crippen molar-refractivity contribution in [2.75, 3.05) is 12.8 Å². The molecule has 3 aromatic rings. The van der Waals surface area contributed by atoms with Gasteiger partial charge in [0, 0.05) is 13.2 Å². The summed E-state index contributed by atoms with van der Waals surface area (Å²) in [5, 5.41) is 7.00. The first kappa shape index (κ1) is 16.2. The molecule has 1 aromatic carbocycles. The standard InChI is InChI=1S/C16H17N5O.CH4O/c17-16-19-14-13(18-10-21(14)12-7-4-8-12)15(20-16)22-9-11-5-2-1-3-6-11;1-2/h1-3,5-6,10,12H,4,7-9H2,(H2,17,19,20);2H,1H3. The summed E-state index contributed by atoms with van der Waals surface area (Å²) in [5.74, 6) is 0.668. The van der Waals surface area contributed by atoms with Crippen molar-refractivity contribution in [3.63, 3.8) is 0 Å². The second-order valence-electron chi connectivity index (χ2n) is 5.57. The summed E-state index contributed by atoms with van der Waals surface area (Å²) < 4.78 is 7.91. The van der Waals surface area contributed by atoms with Crippen molar-refractivity contribution in [2.45, 2.75) is 31.9 Å². The van der Waals surface area contributed by atoms with E-state index in [0.717, 1.165) is 31.2 Å². The Kier molecular flexibility index (Phi) is 4.90. The third kappa shape index (κ3) is 3.16. The Balaban J connectivity index is 0.000000815. The Morgan fingerprint density at radius 3 is 2.62 bits per heavy atom. The Morgan fingerprint density at radius 2 is 1.96 bits per heavy atom. The molecule has 7 nitrogen and oxygen atoms in total. The summed E-state index contributed by atoms with van der Waals surface area (Å²) in [6.07, 6.45) is 5.39. The fourth-order valence-corrected chi connectivity index (χ4v) is 2.67. The lowest BCUT2D eigenvalue weighted by molar-refractivity contribution is 0.297. The smallest absolute Gasteiger partial charge is 0.247 e. The number of nitrogens with zero attached hydrogens (tertiary/aromatic N) is 4. The number of anilines is 1. The van der Waals surface area contributed by atoms with Crippen LogP contribution in [0.2, 0.25) is 0 Å². The number of aromatic nitrogens is 4. The van der Waals surface area contributed by atoms with Gasteiger partial charge in [-0.3, -0.25) is 0 Å². The van der Waals surface area contributed by atoms with E-state index < -0.39 is 0 Å². The van der Waals surface area contributed by atoms with Crippen LogP contribution in [0.4, 0.5) is 5.95 Å². The van der Waals surface area contributed by atoms with Gasteiger partial charge in [-0.05, 0) is 24.8 Å². The van der Waals surface area contributed by atoms with Crippen LogP contribution in [0, 0.1) is 0 Å². The van der Waals surface area contributed by atoms with Gasteiger partial charge in [-0.1, -0.05) is 30.3 Å². The van der Waals surface area contributed by atoms with Gasteiger partial charge >= 0.3 is 0 Å². The molecule has 0 atom stereocenters. The number of nitrogens with two attached hydrogens (primary N) is 1. The molecule has 126 valence electrons. The molecule has 1 saturated carbocycles. The van der Waals surface area contributed by atoms with Gasteiger partial charge in [-0.15, -0.1) is 0 Å². The quantitative estimate of drug-likeness (QED) is 0.763. The molecule has 0 radical (unpaired) electrons. The molecule has 0 saturated heterocycles. The average molecular weight is 327 g/mol. The molecule has 2 heterocycles. The lowest BCUT2D eigenvalue weighted by Gasteiger charge is -2.26. The number of rotatable bonds is 4. The molecular weight excluding hydrogens is 306 g/mol. The van der Waals surface area contributed by atoms with Gasteiger partial charge in [-0.2, -0.15) is 9.97 Å². The van der Waals surface area contributed by atoms with Crippen LogP contribution >= 0.6 is 0 Å². The van der Waals surface area contributed by atoms with Crippen molar-refractivity contribution < 1.29 is 9.84 Å². The van der Waals surface area contributed by atoms with Crippen LogP contribution in [0.25, 0.3) is 11.2 Å². The highest BCUT2D eigenvalue weighted by Crippen LogP contribution is 2.34. The van der Waals surface area contributed by atoms with Gasteiger partial charge in [0.05, 0.1) is 6.33 Å². The van der Waals surface area contributed by atoms with E-state index in [1.807, 2.05) is 36.7 Å². The fraction of sp³-hybridized carbons (Fsp3) is 0.353. The van der Waals surface area contributed by atoms with Crippen LogP contribution in [0.3, 0.4) is 0 Å². The SMILES string of the molecule is CO.Nc1nc(OCc2ccccc2)c2ncn(C3CCC3)c2n1. The molecule has 7 heteroatoms. The Morgan fingerprint density at radius 1 is 1.21 bits per heavy atom. The zero-order valence-electron chi connectivity index (χ0n) is 13.6. The molecule has 0 amide bonds. The summed E-state index contributed by atoms with van der Waals surface area (Å²) in [7, 11) is 1.00. The summed E-state index contributed by atoms with van der Waals surface area (Å²) in [6.45, 7) is 0.433. The number of aliphatic hydroxyl groups is 1. The number of hydrogen-bond donors (Lipinski definition) is 2. The largest absolute Gasteiger partial charge is 0.471 e. The van der Waals surface area contributed by atoms with E-state index in [1.54, 1.807) is 0 Å². The zero-order chi connectivity index (χ0) is 16.9. The summed E-state index contributed by atoms with van der Waals surface area (Å²) in [5.41, 5.74) is 8.36. The van der Waals surface area contributed by atoms with Gasteiger partial charge < -0.3 is 20.1 Å². The third-order valence-corrected chi connectivity index (χ3v) is 4.09. The maximum absolute atomic E-state index is 7.00. The van der Waals surface area contributed by atoms with Crippen molar-refractivity contribution in [2.24, 2.45) is 0 Å². The van der Waals surface area contributed by atoms with Crippen molar-refractivity contribution in [1.29, 1.82) is 0 Å². The molecule has 3 N–H and O–H groups in total. The van der Waals surface area contributed by atoms with Gasteiger partial charge in [-0.25, -0.2) is 4.98 Å². The highest BCUT2D eigenvalue weighted by atomic mass is 16.5. The second-order valence-corrected chi connectivity index (χ2v) is 5.57. The Bertz CT molecular complexity index is 799. The molecule has 1 fully saturated rings. The Hall–Kier alpha value is -2.67. The highest BCUT2D eigenvalue weighted by molar-refractivity contribution is 5.77. The molecule has 4 rings (SSSR count). The van der Waals surface area contributed by atoms with Crippen molar-refractivity contribution in [3.8, 4) is 5.88 Å². The lowest BCUT2D eigenvalue weighted by atomic mass is 9.93.